The maximum atomic E-state index is 12.4. The maximum absolute atomic E-state index is 12.4. The zero-order valence-corrected chi connectivity index (χ0v) is 21.6. The second-order valence-electron chi connectivity index (χ2n) is 11.2. The van der Waals surface area contributed by atoms with E-state index in [2.05, 4.69) is 6.08 Å². The predicted octanol–water partition coefficient (Wildman–Crippen LogP) is 7.60. The molecule has 3 aliphatic carbocycles. The van der Waals surface area contributed by atoms with Crippen LogP contribution in [-0.2, 0) is 5.60 Å². The van der Waals surface area contributed by atoms with E-state index in [-0.39, 0.29) is 17.4 Å². The van der Waals surface area contributed by atoms with Gasteiger partial charge in [0, 0.05) is 5.92 Å². The highest BCUT2D eigenvalue weighted by Crippen LogP contribution is 2.50. The summed E-state index contributed by atoms with van der Waals surface area (Å²) in [5, 5.41) is 45.3. The number of allylic oxidation sites excluding steroid dienone is 2. The molecule has 2 atom stereocenters. The molecule has 0 aromatic heterocycles. The first kappa shape index (κ1) is 25.0. The van der Waals surface area contributed by atoms with E-state index >= 15 is 0 Å². The number of phenolic OH excluding ortho intramolecular Hbond substituents is 2. The van der Waals surface area contributed by atoms with Crippen molar-refractivity contribution in [2.24, 2.45) is 0 Å². The zero-order chi connectivity index (χ0) is 25.4. The summed E-state index contributed by atoms with van der Waals surface area (Å²) in [6, 6.07) is 7.49. The van der Waals surface area contributed by atoms with Crippen LogP contribution in [-0.4, -0.2) is 20.4 Å². The lowest BCUT2D eigenvalue weighted by Crippen LogP contribution is -2.38. The molecule has 0 aliphatic heterocycles. The molecule has 0 saturated heterocycles. The molecule has 0 bridgehead atoms. The summed E-state index contributed by atoms with van der Waals surface area (Å²) in [5.74, 6) is 0.363. The highest BCUT2D eigenvalue weighted by molar-refractivity contribution is 5.54. The van der Waals surface area contributed by atoms with Crippen molar-refractivity contribution in [1.29, 1.82) is 0 Å². The Balaban J connectivity index is 1.62. The second kappa shape index (κ2) is 9.97. The van der Waals surface area contributed by atoms with Crippen LogP contribution in [0.5, 0.6) is 11.5 Å². The van der Waals surface area contributed by atoms with Gasteiger partial charge in [0.25, 0.3) is 0 Å². The lowest BCUT2D eigenvalue weighted by Gasteiger charge is -2.39. The van der Waals surface area contributed by atoms with Crippen molar-refractivity contribution in [2.75, 3.05) is 0 Å². The van der Waals surface area contributed by atoms with Gasteiger partial charge in [0.05, 0.1) is 0 Å². The molecular weight excluding hydrogens is 448 g/mol. The Labute approximate surface area is 215 Å². The van der Waals surface area contributed by atoms with Crippen molar-refractivity contribution in [3.63, 3.8) is 0 Å². The van der Waals surface area contributed by atoms with E-state index in [1.165, 1.54) is 18.9 Å². The minimum Gasteiger partial charge on any atom is -0.509 e. The Hall–Kier alpha value is -2.72. The Morgan fingerprint density at radius 1 is 0.694 bits per heavy atom. The van der Waals surface area contributed by atoms with Gasteiger partial charge in [-0.1, -0.05) is 50.7 Å². The van der Waals surface area contributed by atoms with E-state index in [0.717, 1.165) is 79.2 Å². The van der Waals surface area contributed by atoms with Gasteiger partial charge < -0.3 is 20.4 Å². The van der Waals surface area contributed by atoms with E-state index in [9.17, 15) is 20.4 Å². The maximum Gasteiger partial charge on any atom is 0.157 e. The number of rotatable bonds is 4. The van der Waals surface area contributed by atoms with Crippen LogP contribution < -0.4 is 0 Å². The van der Waals surface area contributed by atoms with Crippen molar-refractivity contribution in [3.05, 3.63) is 81.6 Å². The number of aromatic hydroxyl groups is 2. The van der Waals surface area contributed by atoms with Crippen molar-refractivity contribution in [3.8, 4) is 11.5 Å². The molecule has 2 aromatic carbocycles. The topological polar surface area (TPSA) is 80.9 Å². The molecule has 4 N–H and O–H groups in total. The summed E-state index contributed by atoms with van der Waals surface area (Å²) >= 11 is 0. The van der Waals surface area contributed by atoms with E-state index in [4.69, 9.17) is 0 Å². The standard InChI is InChI=1S/C32H39O4/c1-20-16-29(33)25(22-10-5-3-6-11-22)18-24(20)27-14-9-15-31(35)32(27,36)28-19-26(30(34)17-21(28)2)23-12-7-4-8-13-23/h9,15-19,22-23,27,33-36H,3-8,10-13H2,1-2H3. The van der Waals surface area contributed by atoms with E-state index in [1.807, 2.05) is 26.0 Å². The fourth-order valence-electron chi connectivity index (χ4n) is 6.87. The van der Waals surface area contributed by atoms with Crippen LogP contribution >= 0.6 is 0 Å². The fraction of sp³-hybridized carbons (Fsp3) is 0.500. The summed E-state index contributed by atoms with van der Waals surface area (Å²) in [5.41, 5.74) is 3.11. The second-order valence-corrected chi connectivity index (χ2v) is 11.2. The van der Waals surface area contributed by atoms with E-state index < -0.39 is 11.5 Å². The van der Waals surface area contributed by atoms with Crippen LogP contribution in [0.15, 0.2) is 42.2 Å². The molecule has 2 fully saturated rings. The number of aliphatic hydroxyl groups excluding tert-OH is 1. The summed E-state index contributed by atoms with van der Waals surface area (Å²) in [7, 11) is 0. The van der Waals surface area contributed by atoms with Crippen LogP contribution in [0, 0.1) is 19.9 Å². The minimum atomic E-state index is -1.72. The van der Waals surface area contributed by atoms with Gasteiger partial charge in [-0.3, -0.25) is 0 Å². The largest absolute Gasteiger partial charge is 0.509 e. The lowest BCUT2D eigenvalue weighted by molar-refractivity contribution is 0.0133. The molecule has 0 heterocycles. The van der Waals surface area contributed by atoms with Crippen LogP contribution in [0.3, 0.4) is 0 Å². The zero-order valence-electron chi connectivity index (χ0n) is 21.6. The van der Waals surface area contributed by atoms with Gasteiger partial charge in [-0.25, -0.2) is 0 Å². The quantitative estimate of drug-likeness (QED) is 0.358. The molecule has 1 radical (unpaired) electrons. The summed E-state index contributed by atoms with van der Waals surface area (Å²) < 4.78 is 0. The highest BCUT2D eigenvalue weighted by Gasteiger charge is 2.46. The number of hydrogen-bond donors (Lipinski definition) is 4. The molecule has 0 spiro atoms. The third-order valence-electron chi connectivity index (χ3n) is 8.91. The first-order chi connectivity index (χ1) is 17.3. The van der Waals surface area contributed by atoms with Crippen molar-refractivity contribution in [2.45, 2.75) is 101 Å². The number of benzene rings is 2. The van der Waals surface area contributed by atoms with Gasteiger partial charge in [0.1, 0.15) is 17.3 Å². The molecule has 2 unspecified atom stereocenters. The van der Waals surface area contributed by atoms with Crippen LogP contribution in [0.4, 0.5) is 0 Å². The highest BCUT2D eigenvalue weighted by atomic mass is 16.3. The Morgan fingerprint density at radius 2 is 1.22 bits per heavy atom. The average molecular weight is 488 g/mol. The normalized spacial score (nSPS) is 25.6. The Bertz CT molecular complexity index is 1180. The molecule has 5 rings (SSSR count). The Morgan fingerprint density at radius 3 is 1.81 bits per heavy atom. The van der Waals surface area contributed by atoms with Crippen molar-refractivity contribution < 1.29 is 20.4 Å². The molecule has 4 nitrogen and oxygen atoms in total. The first-order valence-electron chi connectivity index (χ1n) is 13.7. The van der Waals surface area contributed by atoms with Gasteiger partial charge in [0.15, 0.2) is 5.60 Å². The van der Waals surface area contributed by atoms with E-state index in [1.54, 1.807) is 18.2 Å². The molecule has 4 heteroatoms. The van der Waals surface area contributed by atoms with Crippen LogP contribution in [0.1, 0.15) is 115 Å². The summed E-state index contributed by atoms with van der Waals surface area (Å²) in [6.45, 7) is 3.81. The lowest BCUT2D eigenvalue weighted by atomic mass is 9.69. The molecule has 3 aliphatic rings. The van der Waals surface area contributed by atoms with Gasteiger partial charge in [0.2, 0.25) is 0 Å². The number of aliphatic hydroxyl groups is 2. The summed E-state index contributed by atoms with van der Waals surface area (Å²) in [6.07, 6.45) is 17.7. The summed E-state index contributed by atoms with van der Waals surface area (Å²) in [4.78, 5) is 0. The van der Waals surface area contributed by atoms with Gasteiger partial charge >= 0.3 is 0 Å². The Kier molecular flexibility index (Phi) is 6.91. The van der Waals surface area contributed by atoms with Crippen LogP contribution in [0.2, 0.25) is 0 Å². The third-order valence-corrected chi connectivity index (χ3v) is 8.91. The number of hydrogen-bond acceptors (Lipinski definition) is 4. The number of phenols is 2. The monoisotopic (exact) mass is 487 g/mol. The third kappa shape index (κ3) is 4.34. The van der Waals surface area contributed by atoms with Crippen molar-refractivity contribution in [1.82, 2.24) is 0 Å². The number of aryl methyl sites for hydroxylation is 2. The van der Waals surface area contributed by atoms with Gasteiger partial charge in [-0.05, 0) is 115 Å². The molecule has 191 valence electrons. The SMILES string of the molecule is Cc1cc(O)c(C2CCCCC2)cc1C1[C]=CC=C(O)C1(O)c1cc(C2CCCCC2)c(O)cc1C. The molecule has 2 aromatic rings. The molecule has 2 saturated carbocycles. The van der Waals surface area contributed by atoms with Crippen molar-refractivity contribution >= 4 is 0 Å². The van der Waals surface area contributed by atoms with Gasteiger partial charge in [-0.2, -0.15) is 0 Å². The van der Waals surface area contributed by atoms with Gasteiger partial charge in [-0.15, -0.1) is 0 Å². The molecule has 36 heavy (non-hydrogen) atoms. The average Bonchev–Trinajstić information content (AvgIpc) is 2.87. The smallest absolute Gasteiger partial charge is 0.157 e. The molecular formula is C32H39O4. The molecule has 0 amide bonds. The predicted molar refractivity (Wildman–Crippen MR) is 143 cm³/mol. The first-order valence-corrected chi connectivity index (χ1v) is 13.7. The fourth-order valence-corrected chi connectivity index (χ4v) is 6.87. The van der Waals surface area contributed by atoms with Crippen LogP contribution in [0.25, 0.3) is 0 Å². The van der Waals surface area contributed by atoms with E-state index in [0.29, 0.717) is 17.2 Å². The minimum absolute atomic E-state index is 0.124.